The average Bonchev–Trinajstić information content (AvgIpc) is 3.10. The van der Waals surface area contributed by atoms with Gasteiger partial charge in [-0.1, -0.05) is 30.0 Å². The van der Waals surface area contributed by atoms with E-state index < -0.39 is 0 Å². The largest absolute Gasteiger partial charge is 0.497 e. The van der Waals surface area contributed by atoms with Crippen LogP contribution in [0.1, 0.15) is 11.4 Å². The molecule has 1 aromatic heterocycles. The zero-order valence-electron chi connectivity index (χ0n) is 15.5. The fourth-order valence-electron chi connectivity index (χ4n) is 2.35. The molecule has 3 aromatic rings. The van der Waals surface area contributed by atoms with E-state index in [-0.39, 0.29) is 18.3 Å². The van der Waals surface area contributed by atoms with Crippen LogP contribution in [-0.4, -0.2) is 33.6 Å². The van der Waals surface area contributed by atoms with Crippen molar-refractivity contribution >= 4 is 23.4 Å². The van der Waals surface area contributed by atoms with E-state index in [1.54, 1.807) is 43.5 Å². The number of nitrogens with one attached hydrogen (secondary N) is 1. The summed E-state index contributed by atoms with van der Waals surface area (Å²) < 4.78 is 12.1. The summed E-state index contributed by atoms with van der Waals surface area (Å²) in [5.41, 5.74) is 0.854. The van der Waals surface area contributed by atoms with Gasteiger partial charge in [0.25, 0.3) is 0 Å². The van der Waals surface area contributed by atoms with E-state index in [9.17, 15) is 4.79 Å². The summed E-state index contributed by atoms with van der Waals surface area (Å²) in [6.07, 6.45) is 0. The molecule has 1 heterocycles. The number of para-hydroxylation sites is 1. The molecule has 3 N–H and O–H groups in total. The van der Waals surface area contributed by atoms with Gasteiger partial charge in [0.05, 0.1) is 24.1 Å². The molecule has 2 aromatic carbocycles. The fraction of sp³-hybridized carbons (Fsp3) is 0.158. The van der Waals surface area contributed by atoms with E-state index in [4.69, 9.17) is 20.6 Å². The number of nitrogen functional groups attached to an aromatic ring is 1. The molecule has 0 unspecified atom stereocenters. The highest BCUT2D eigenvalue weighted by Crippen LogP contribution is 2.21. The normalized spacial score (nSPS) is 10.2. The van der Waals surface area contributed by atoms with E-state index in [1.165, 1.54) is 4.68 Å². The minimum Gasteiger partial charge on any atom is -0.497 e. The van der Waals surface area contributed by atoms with E-state index in [0.29, 0.717) is 33.7 Å². The molecular weight excluding hydrogens is 392 g/mol. The van der Waals surface area contributed by atoms with Crippen LogP contribution in [0.3, 0.4) is 0 Å². The van der Waals surface area contributed by atoms with Crippen molar-refractivity contribution in [3.63, 3.8) is 0 Å². The second-order valence-electron chi connectivity index (χ2n) is 5.73. The van der Waals surface area contributed by atoms with Crippen molar-refractivity contribution in [2.75, 3.05) is 24.0 Å². The number of anilines is 1. The van der Waals surface area contributed by atoms with Gasteiger partial charge in [-0.3, -0.25) is 4.79 Å². The van der Waals surface area contributed by atoms with Crippen LogP contribution >= 0.6 is 11.8 Å². The Morgan fingerprint density at radius 1 is 1.24 bits per heavy atom. The van der Waals surface area contributed by atoms with E-state index in [0.717, 1.165) is 11.8 Å². The second-order valence-corrected chi connectivity index (χ2v) is 6.67. The minimum atomic E-state index is -0.283. The highest BCUT2D eigenvalue weighted by molar-refractivity contribution is 7.99. The topological polar surface area (TPSA) is 128 Å². The molecule has 0 radical (unpaired) electrons. The predicted octanol–water partition coefficient (Wildman–Crippen LogP) is 2.18. The summed E-state index contributed by atoms with van der Waals surface area (Å²) in [6, 6.07) is 16.0. The Balaban J connectivity index is 1.55. The molecule has 9 nitrogen and oxygen atoms in total. The second kappa shape index (κ2) is 9.48. The molecule has 0 bridgehead atoms. The van der Waals surface area contributed by atoms with Crippen molar-refractivity contribution in [2.45, 2.75) is 11.8 Å². The van der Waals surface area contributed by atoms with Crippen molar-refractivity contribution in [3.8, 4) is 17.6 Å². The molecule has 1 amide bonds. The zero-order chi connectivity index (χ0) is 20.6. The first-order valence-electron chi connectivity index (χ1n) is 8.48. The van der Waals surface area contributed by atoms with E-state index in [2.05, 4.69) is 15.5 Å². The van der Waals surface area contributed by atoms with Gasteiger partial charge in [-0.2, -0.15) is 5.26 Å². The molecule has 0 saturated heterocycles. The van der Waals surface area contributed by atoms with Crippen LogP contribution in [0.5, 0.6) is 11.5 Å². The van der Waals surface area contributed by atoms with E-state index >= 15 is 0 Å². The quantitative estimate of drug-likeness (QED) is 0.427. The number of nitrogens with two attached hydrogens (primary N) is 1. The maximum atomic E-state index is 12.2. The number of rotatable bonds is 8. The first-order chi connectivity index (χ1) is 14.1. The number of carbonyl (C=O) groups is 1. The number of carbonyl (C=O) groups excluding carboxylic acids is 1. The molecule has 0 aliphatic rings. The summed E-state index contributed by atoms with van der Waals surface area (Å²) in [4.78, 5) is 12.2. The lowest BCUT2D eigenvalue weighted by Crippen LogP contribution is -2.18. The first kappa shape index (κ1) is 20.0. The standard InChI is InChI=1S/C19H18N6O3S/c1-27-14-6-4-7-15(9-14)28-11-17-23-24-19(25(17)21)29-12-18(26)22-16-8-3-2-5-13(16)10-20/h2-9H,11-12,21H2,1H3,(H,22,26). The van der Waals surface area contributed by atoms with Crippen LogP contribution in [-0.2, 0) is 11.4 Å². The van der Waals surface area contributed by atoms with Gasteiger partial charge in [0.1, 0.15) is 24.2 Å². The summed E-state index contributed by atoms with van der Waals surface area (Å²) in [6.45, 7) is 0.110. The Bertz CT molecular complexity index is 1050. The minimum absolute atomic E-state index is 0.0613. The van der Waals surface area contributed by atoms with Gasteiger partial charge in [0, 0.05) is 6.07 Å². The van der Waals surface area contributed by atoms with Crippen LogP contribution in [0.2, 0.25) is 0 Å². The zero-order valence-corrected chi connectivity index (χ0v) is 16.3. The maximum Gasteiger partial charge on any atom is 0.234 e. The molecule has 3 rings (SSSR count). The fourth-order valence-corrected chi connectivity index (χ4v) is 3.02. The highest BCUT2D eigenvalue weighted by atomic mass is 32.2. The van der Waals surface area contributed by atoms with Crippen molar-refractivity contribution in [1.29, 1.82) is 5.26 Å². The van der Waals surface area contributed by atoms with Crippen molar-refractivity contribution < 1.29 is 14.3 Å². The van der Waals surface area contributed by atoms with Gasteiger partial charge in [-0.25, -0.2) is 4.68 Å². The number of hydrogen-bond donors (Lipinski definition) is 2. The molecule has 148 valence electrons. The number of thioether (sulfide) groups is 1. The third-order valence-electron chi connectivity index (χ3n) is 3.80. The Morgan fingerprint density at radius 2 is 2.03 bits per heavy atom. The lowest BCUT2D eigenvalue weighted by Gasteiger charge is -2.08. The summed E-state index contributed by atoms with van der Waals surface area (Å²) in [5.74, 6) is 7.47. The van der Waals surface area contributed by atoms with Gasteiger partial charge in [-0.15, -0.1) is 10.2 Å². The number of nitrogens with zero attached hydrogens (tertiary/aromatic N) is 4. The number of hydrogen-bond acceptors (Lipinski definition) is 8. The Kier molecular flexibility index (Phi) is 6.55. The summed E-state index contributed by atoms with van der Waals surface area (Å²) in [5, 5.41) is 20.1. The van der Waals surface area contributed by atoms with Crippen LogP contribution in [0.25, 0.3) is 0 Å². The van der Waals surface area contributed by atoms with Crippen molar-refractivity contribution in [3.05, 3.63) is 59.9 Å². The molecule has 29 heavy (non-hydrogen) atoms. The average molecular weight is 410 g/mol. The highest BCUT2D eigenvalue weighted by Gasteiger charge is 2.14. The first-order valence-corrected chi connectivity index (χ1v) is 9.47. The third kappa shape index (κ3) is 5.18. The van der Waals surface area contributed by atoms with Gasteiger partial charge < -0.3 is 20.6 Å². The Hall–Kier alpha value is -3.71. The predicted molar refractivity (Wildman–Crippen MR) is 108 cm³/mol. The van der Waals surface area contributed by atoms with E-state index in [1.807, 2.05) is 18.2 Å². The maximum absolute atomic E-state index is 12.2. The third-order valence-corrected chi connectivity index (χ3v) is 4.74. The molecule has 0 atom stereocenters. The number of benzene rings is 2. The van der Waals surface area contributed by atoms with Crippen LogP contribution in [0.4, 0.5) is 5.69 Å². The Labute approximate surface area is 171 Å². The van der Waals surface area contributed by atoms with Gasteiger partial charge >= 0.3 is 0 Å². The van der Waals surface area contributed by atoms with Crippen LogP contribution < -0.4 is 20.6 Å². The monoisotopic (exact) mass is 410 g/mol. The summed E-state index contributed by atoms with van der Waals surface area (Å²) in [7, 11) is 1.58. The molecule has 10 heteroatoms. The number of aromatic nitrogens is 3. The van der Waals surface area contributed by atoms with Crippen molar-refractivity contribution in [2.24, 2.45) is 0 Å². The van der Waals surface area contributed by atoms with Gasteiger partial charge in [0.15, 0.2) is 5.82 Å². The smallest absolute Gasteiger partial charge is 0.234 e. The molecule has 0 saturated carbocycles. The summed E-state index contributed by atoms with van der Waals surface area (Å²) >= 11 is 1.13. The molecule has 0 fully saturated rings. The number of ether oxygens (including phenoxy) is 2. The Morgan fingerprint density at radius 3 is 2.83 bits per heavy atom. The molecule has 0 aliphatic heterocycles. The number of nitriles is 1. The lowest BCUT2D eigenvalue weighted by molar-refractivity contribution is -0.113. The van der Waals surface area contributed by atoms with Gasteiger partial charge in [-0.05, 0) is 24.3 Å². The molecular formula is C19H18N6O3S. The number of methoxy groups -OCH3 is 1. The molecule has 0 spiro atoms. The lowest BCUT2D eigenvalue weighted by atomic mass is 10.2. The number of amides is 1. The van der Waals surface area contributed by atoms with Crippen LogP contribution in [0, 0.1) is 11.3 Å². The SMILES string of the molecule is COc1cccc(OCc2nnc(SCC(=O)Nc3ccccc3C#N)n2N)c1. The molecule has 0 aliphatic carbocycles. The van der Waals surface area contributed by atoms with Gasteiger partial charge in [0.2, 0.25) is 11.1 Å². The van der Waals surface area contributed by atoms with Crippen LogP contribution in [0.15, 0.2) is 53.7 Å². The van der Waals surface area contributed by atoms with Crippen molar-refractivity contribution in [1.82, 2.24) is 14.9 Å².